The maximum atomic E-state index is 12.9. The van der Waals surface area contributed by atoms with Gasteiger partial charge in [-0.25, -0.2) is 4.98 Å². The van der Waals surface area contributed by atoms with Crippen molar-refractivity contribution < 1.29 is 22.6 Å². The highest BCUT2D eigenvalue weighted by atomic mass is 19.4. The molecule has 0 aliphatic heterocycles. The number of ether oxygens (including phenoxy) is 2. The zero-order valence-electron chi connectivity index (χ0n) is 12.6. The Hall–Kier alpha value is -2.51. The van der Waals surface area contributed by atoms with Gasteiger partial charge in [-0.2, -0.15) is 18.2 Å². The number of anilines is 2. The van der Waals surface area contributed by atoms with E-state index in [1.54, 1.807) is 31.2 Å². The highest BCUT2D eigenvalue weighted by Crippen LogP contribution is 2.35. The molecule has 1 heterocycles. The van der Waals surface area contributed by atoms with Crippen molar-refractivity contribution in [1.82, 2.24) is 9.97 Å². The van der Waals surface area contributed by atoms with Crippen LogP contribution in [0.1, 0.15) is 19.4 Å². The van der Waals surface area contributed by atoms with Gasteiger partial charge in [-0.1, -0.05) is 6.07 Å². The van der Waals surface area contributed by atoms with E-state index in [0.29, 0.717) is 24.2 Å². The lowest BCUT2D eigenvalue weighted by molar-refractivity contribution is -0.139. The number of nitrogens with zero attached hydrogens (tertiary/aromatic N) is 2. The smallest absolute Gasteiger partial charge is 0.423 e. The molecule has 0 saturated carbocycles. The summed E-state index contributed by atoms with van der Waals surface area (Å²) >= 11 is 0. The van der Waals surface area contributed by atoms with Crippen molar-refractivity contribution in [2.24, 2.45) is 0 Å². The zero-order valence-corrected chi connectivity index (χ0v) is 12.6. The molecule has 124 valence electrons. The third-order valence-corrected chi connectivity index (χ3v) is 2.74. The molecule has 0 unspecified atom stereocenters. The van der Waals surface area contributed by atoms with E-state index < -0.39 is 17.6 Å². The molecule has 0 spiro atoms. The molecule has 1 N–H and O–H groups in total. The van der Waals surface area contributed by atoms with Crippen LogP contribution >= 0.6 is 0 Å². The molecular weight excluding hydrogens is 311 g/mol. The number of hydrogen-bond acceptors (Lipinski definition) is 5. The molecule has 0 bridgehead atoms. The maximum absolute atomic E-state index is 12.9. The molecule has 2 aromatic rings. The van der Waals surface area contributed by atoms with Crippen LogP contribution in [0.25, 0.3) is 0 Å². The summed E-state index contributed by atoms with van der Waals surface area (Å²) < 4.78 is 48.9. The summed E-state index contributed by atoms with van der Waals surface area (Å²) in [6.45, 7) is 4.02. The standard InChI is InChI=1S/C15H16F3N3O2/c1-3-22-11-7-5-6-10(8-11)20-14-19-9-12(15(16,17)18)13(21-14)23-4-2/h5-9H,3-4H2,1-2H3,(H,19,20,21). The maximum Gasteiger partial charge on any atom is 0.423 e. The first-order chi connectivity index (χ1) is 10.9. The van der Waals surface area contributed by atoms with E-state index in [-0.39, 0.29) is 12.6 Å². The van der Waals surface area contributed by atoms with Gasteiger partial charge in [0.05, 0.1) is 13.2 Å². The predicted octanol–water partition coefficient (Wildman–Crippen LogP) is 4.04. The Labute approximate surface area is 131 Å². The fourth-order valence-electron chi connectivity index (χ4n) is 1.83. The van der Waals surface area contributed by atoms with E-state index in [4.69, 9.17) is 9.47 Å². The zero-order chi connectivity index (χ0) is 16.9. The topological polar surface area (TPSA) is 56.3 Å². The summed E-state index contributed by atoms with van der Waals surface area (Å²) in [6.07, 6.45) is -3.87. The Bertz CT molecular complexity index is 663. The highest BCUT2D eigenvalue weighted by Gasteiger charge is 2.36. The second-order valence-electron chi connectivity index (χ2n) is 4.43. The summed E-state index contributed by atoms with van der Waals surface area (Å²) in [6, 6.07) is 6.95. The molecule has 0 aliphatic rings. The lowest BCUT2D eigenvalue weighted by Crippen LogP contribution is -2.12. The van der Waals surface area contributed by atoms with Gasteiger partial charge in [0.2, 0.25) is 11.8 Å². The quantitative estimate of drug-likeness (QED) is 0.868. The van der Waals surface area contributed by atoms with Crippen molar-refractivity contribution in [3.8, 4) is 11.6 Å². The number of nitrogens with one attached hydrogen (secondary N) is 1. The minimum atomic E-state index is -4.57. The molecule has 0 atom stereocenters. The molecule has 1 aromatic heterocycles. The van der Waals surface area contributed by atoms with Crippen molar-refractivity contribution in [2.45, 2.75) is 20.0 Å². The molecule has 0 radical (unpaired) electrons. The first-order valence-electron chi connectivity index (χ1n) is 7.01. The van der Waals surface area contributed by atoms with Crippen LogP contribution in [0.15, 0.2) is 30.5 Å². The van der Waals surface area contributed by atoms with E-state index in [0.717, 1.165) is 0 Å². The Morgan fingerprint density at radius 2 is 1.87 bits per heavy atom. The first kappa shape index (κ1) is 16.9. The predicted molar refractivity (Wildman–Crippen MR) is 79.1 cm³/mol. The average Bonchev–Trinajstić information content (AvgIpc) is 2.47. The molecule has 23 heavy (non-hydrogen) atoms. The lowest BCUT2D eigenvalue weighted by atomic mass is 10.3. The van der Waals surface area contributed by atoms with Crippen molar-refractivity contribution >= 4 is 11.6 Å². The summed E-state index contributed by atoms with van der Waals surface area (Å²) in [5, 5.41) is 2.83. The van der Waals surface area contributed by atoms with Crippen LogP contribution in [-0.2, 0) is 6.18 Å². The summed E-state index contributed by atoms with van der Waals surface area (Å²) in [7, 11) is 0. The van der Waals surface area contributed by atoms with Crippen molar-refractivity contribution in [2.75, 3.05) is 18.5 Å². The van der Waals surface area contributed by atoms with Gasteiger partial charge in [-0.3, -0.25) is 0 Å². The molecule has 8 heteroatoms. The Kier molecular flexibility index (Phi) is 5.25. The molecule has 2 rings (SSSR count). The number of aromatic nitrogens is 2. The van der Waals surface area contributed by atoms with E-state index in [9.17, 15) is 13.2 Å². The van der Waals surface area contributed by atoms with Crippen LogP contribution < -0.4 is 14.8 Å². The van der Waals surface area contributed by atoms with Crippen molar-refractivity contribution in [1.29, 1.82) is 0 Å². The van der Waals surface area contributed by atoms with Crippen molar-refractivity contribution in [3.05, 3.63) is 36.0 Å². The van der Waals surface area contributed by atoms with Gasteiger partial charge in [0.1, 0.15) is 11.3 Å². The SMILES string of the molecule is CCOc1cccc(Nc2ncc(C(F)(F)F)c(OCC)n2)c1. The minimum Gasteiger partial charge on any atom is -0.494 e. The summed E-state index contributed by atoms with van der Waals surface area (Å²) in [5.74, 6) is 0.142. The van der Waals surface area contributed by atoms with E-state index in [1.165, 1.54) is 0 Å². The molecule has 1 aromatic carbocycles. The van der Waals surface area contributed by atoms with Crippen LogP contribution in [0.4, 0.5) is 24.8 Å². The number of alkyl halides is 3. The molecule has 0 aliphatic carbocycles. The minimum absolute atomic E-state index is 0.00935. The van der Waals surface area contributed by atoms with Gasteiger partial charge < -0.3 is 14.8 Å². The number of rotatable bonds is 6. The largest absolute Gasteiger partial charge is 0.494 e. The van der Waals surface area contributed by atoms with Crippen LogP contribution in [0.5, 0.6) is 11.6 Å². The average molecular weight is 327 g/mol. The van der Waals surface area contributed by atoms with Gasteiger partial charge in [0, 0.05) is 18.0 Å². The van der Waals surface area contributed by atoms with Crippen LogP contribution in [0.2, 0.25) is 0 Å². The normalized spacial score (nSPS) is 11.2. The van der Waals surface area contributed by atoms with Gasteiger partial charge in [-0.15, -0.1) is 0 Å². The second-order valence-corrected chi connectivity index (χ2v) is 4.43. The highest BCUT2D eigenvalue weighted by molar-refractivity contribution is 5.56. The Morgan fingerprint density at radius 3 is 2.52 bits per heavy atom. The third-order valence-electron chi connectivity index (χ3n) is 2.74. The van der Waals surface area contributed by atoms with Gasteiger partial charge in [-0.05, 0) is 26.0 Å². The monoisotopic (exact) mass is 327 g/mol. The van der Waals surface area contributed by atoms with Crippen LogP contribution in [0.3, 0.4) is 0 Å². The molecule has 5 nitrogen and oxygen atoms in total. The molecular formula is C15H16F3N3O2. The van der Waals surface area contributed by atoms with Gasteiger partial charge in [0.25, 0.3) is 0 Å². The van der Waals surface area contributed by atoms with Gasteiger partial charge in [0.15, 0.2) is 0 Å². The number of halogens is 3. The fourth-order valence-corrected chi connectivity index (χ4v) is 1.83. The molecule has 0 amide bonds. The van der Waals surface area contributed by atoms with Crippen molar-refractivity contribution in [3.63, 3.8) is 0 Å². The van der Waals surface area contributed by atoms with E-state index in [2.05, 4.69) is 15.3 Å². The third kappa shape index (κ3) is 4.48. The van der Waals surface area contributed by atoms with E-state index in [1.807, 2.05) is 6.92 Å². The number of benzene rings is 1. The first-order valence-corrected chi connectivity index (χ1v) is 7.01. The number of hydrogen-bond donors (Lipinski definition) is 1. The summed E-state index contributed by atoms with van der Waals surface area (Å²) in [4.78, 5) is 7.49. The molecule has 0 saturated heterocycles. The van der Waals surface area contributed by atoms with Gasteiger partial charge >= 0.3 is 6.18 Å². The Balaban J connectivity index is 2.26. The summed E-state index contributed by atoms with van der Waals surface area (Å²) in [5.41, 5.74) is -0.411. The lowest BCUT2D eigenvalue weighted by Gasteiger charge is -2.13. The second kappa shape index (κ2) is 7.17. The van der Waals surface area contributed by atoms with Crippen LogP contribution in [-0.4, -0.2) is 23.2 Å². The van der Waals surface area contributed by atoms with Crippen LogP contribution in [0, 0.1) is 0 Å². The molecule has 0 fully saturated rings. The van der Waals surface area contributed by atoms with E-state index >= 15 is 0 Å². The fraction of sp³-hybridized carbons (Fsp3) is 0.333. The Morgan fingerprint density at radius 1 is 1.13 bits per heavy atom.